The highest BCUT2D eigenvalue weighted by molar-refractivity contribution is 7.14. The molecular formula is C30H41NO6S. The number of carbonyl (C=O) groups is 2. The largest absolute Gasteiger partial charge is 0.506 e. The van der Waals surface area contributed by atoms with Gasteiger partial charge in [-0.05, 0) is 79.2 Å². The first kappa shape index (κ1) is 28.6. The number of rotatable bonds is 11. The predicted octanol–water partition coefficient (Wildman–Crippen LogP) is 5.38. The van der Waals surface area contributed by atoms with E-state index in [0.717, 1.165) is 53.0 Å². The average Bonchev–Trinajstić information content (AvgIpc) is 3.17. The highest BCUT2D eigenvalue weighted by Gasteiger charge is 2.32. The molecule has 0 spiro atoms. The second kappa shape index (κ2) is 11.8. The first-order valence-electron chi connectivity index (χ1n) is 13.6. The number of aliphatic hydroxyl groups is 1. The van der Waals surface area contributed by atoms with Gasteiger partial charge in [-0.15, -0.1) is 11.3 Å². The van der Waals surface area contributed by atoms with Gasteiger partial charge in [-0.25, -0.2) is 4.79 Å². The van der Waals surface area contributed by atoms with Crippen LogP contribution in [-0.4, -0.2) is 65.5 Å². The molecular weight excluding hydrogens is 502 g/mol. The number of benzene rings is 1. The second-order valence-corrected chi connectivity index (χ2v) is 12.8. The molecule has 1 aliphatic heterocycles. The number of thiophene rings is 1. The van der Waals surface area contributed by atoms with Gasteiger partial charge in [-0.1, -0.05) is 32.9 Å². The Kier molecular flexibility index (Phi) is 8.85. The van der Waals surface area contributed by atoms with Crippen LogP contribution in [0.25, 0.3) is 0 Å². The predicted molar refractivity (Wildman–Crippen MR) is 149 cm³/mol. The number of ketones is 1. The molecule has 1 unspecified atom stereocenters. The summed E-state index contributed by atoms with van der Waals surface area (Å²) >= 11 is 1.72. The molecule has 1 saturated heterocycles. The third kappa shape index (κ3) is 6.77. The lowest BCUT2D eigenvalue weighted by atomic mass is 9.74. The number of Topliss-reactive ketones (excluding diaryl/α,β-unsaturated/α-hetero) is 1. The lowest BCUT2D eigenvalue weighted by Crippen LogP contribution is -2.55. The molecule has 7 nitrogen and oxygen atoms in total. The maximum absolute atomic E-state index is 13.3. The fourth-order valence-electron chi connectivity index (χ4n) is 5.76. The minimum atomic E-state index is -1.27. The van der Waals surface area contributed by atoms with E-state index in [9.17, 15) is 14.7 Å². The molecule has 1 fully saturated rings. The van der Waals surface area contributed by atoms with Crippen molar-refractivity contribution in [1.29, 1.82) is 0 Å². The summed E-state index contributed by atoms with van der Waals surface area (Å²) in [6.45, 7) is 12.4. The van der Waals surface area contributed by atoms with Crippen LogP contribution in [0.15, 0.2) is 12.1 Å². The first-order valence-corrected chi connectivity index (χ1v) is 14.5. The molecule has 0 amide bonds. The molecule has 0 radical (unpaired) electrons. The van der Waals surface area contributed by atoms with Crippen molar-refractivity contribution in [2.24, 2.45) is 5.41 Å². The topological polar surface area (TPSA) is 96.3 Å². The van der Waals surface area contributed by atoms with Crippen molar-refractivity contribution in [2.75, 3.05) is 26.2 Å². The number of aryl methyl sites for hydroxylation is 4. The normalized spacial score (nSPS) is 17.9. The highest BCUT2D eigenvalue weighted by atomic mass is 32.1. The van der Waals surface area contributed by atoms with Gasteiger partial charge >= 0.3 is 6.16 Å². The third-order valence-corrected chi connectivity index (χ3v) is 9.18. The summed E-state index contributed by atoms with van der Waals surface area (Å²) in [5, 5.41) is 19.0. The van der Waals surface area contributed by atoms with Crippen LogP contribution in [-0.2, 0) is 30.4 Å². The zero-order chi connectivity index (χ0) is 27.6. The van der Waals surface area contributed by atoms with Crippen LogP contribution in [0.2, 0.25) is 0 Å². The van der Waals surface area contributed by atoms with Gasteiger partial charge in [0.1, 0.15) is 24.6 Å². The summed E-state index contributed by atoms with van der Waals surface area (Å²) < 4.78 is 10.7. The van der Waals surface area contributed by atoms with Crippen molar-refractivity contribution in [3.63, 3.8) is 0 Å². The maximum Gasteiger partial charge on any atom is 0.506 e. The van der Waals surface area contributed by atoms with Crippen molar-refractivity contribution < 1.29 is 29.3 Å². The van der Waals surface area contributed by atoms with E-state index in [-0.39, 0.29) is 18.5 Å². The van der Waals surface area contributed by atoms with Crippen molar-refractivity contribution in [3.8, 4) is 5.75 Å². The molecule has 1 aromatic heterocycles. The van der Waals surface area contributed by atoms with Crippen LogP contribution in [0.5, 0.6) is 5.75 Å². The van der Waals surface area contributed by atoms with E-state index in [0.29, 0.717) is 37.9 Å². The van der Waals surface area contributed by atoms with Gasteiger partial charge in [0, 0.05) is 30.9 Å². The van der Waals surface area contributed by atoms with Crippen molar-refractivity contribution in [1.82, 2.24) is 4.90 Å². The fourth-order valence-corrected chi connectivity index (χ4v) is 7.04. The quantitative estimate of drug-likeness (QED) is 0.290. The summed E-state index contributed by atoms with van der Waals surface area (Å²) in [4.78, 5) is 28.2. The molecule has 2 aliphatic rings. The lowest BCUT2D eigenvalue weighted by molar-refractivity contribution is -0.0512. The maximum atomic E-state index is 13.3. The van der Waals surface area contributed by atoms with Crippen molar-refractivity contribution in [3.05, 3.63) is 49.7 Å². The second-order valence-electron chi connectivity index (χ2n) is 11.7. The number of hydrogen-bond acceptors (Lipinski definition) is 7. The van der Waals surface area contributed by atoms with Crippen LogP contribution in [0.3, 0.4) is 0 Å². The van der Waals surface area contributed by atoms with Gasteiger partial charge in [-0.3, -0.25) is 9.69 Å². The number of carbonyl (C=O) groups excluding carboxylic acids is 1. The highest BCUT2D eigenvalue weighted by Crippen LogP contribution is 2.42. The Hall–Kier alpha value is -2.42. The average molecular weight is 544 g/mol. The Bertz CT molecular complexity index is 1160. The Morgan fingerprint density at radius 3 is 2.50 bits per heavy atom. The van der Waals surface area contributed by atoms with Crippen LogP contribution in [0.4, 0.5) is 4.79 Å². The van der Waals surface area contributed by atoms with Gasteiger partial charge < -0.3 is 19.7 Å². The Labute approximate surface area is 229 Å². The fraction of sp³-hybridized carbons (Fsp3) is 0.600. The third-order valence-electron chi connectivity index (χ3n) is 7.72. The molecule has 8 heteroatoms. The minimum absolute atomic E-state index is 0.153. The van der Waals surface area contributed by atoms with Gasteiger partial charge in [0.2, 0.25) is 0 Å². The summed E-state index contributed by atoms with van der Waals surface area (Å²) in [5.41, 5.74) is 6.16. The molecule has 38 heavy (non-hydrogen) atoms. The van der Waals surface area contributed by atoms with E-state index in [1.807, 2.05) is 18.7 Å². The van der Waals surface area contributed by atoms with Gasteiger partial charge in [-0.2, -0.15) is 0 Å². The first-order chi connectivity index (χ1) is 18.0. The molecule has 1 aromatic carbocycles. The zero-order valence-electron chi connectivity index (χ0n) is 23.3. The standard InChI is InChI=1S/C30H41NO6S/c1-6-26-24-13-30(4,5)10-9-23(24)28(38-26)25(33)8-7-20-11-18(2)27(19(3)12-20)36-17-21(32)14-31-15-22(16-31)37-29(34)35/h11-12,21-22,32H,6-10,13-17H2,1-5H3,(H,34,35). The molecule has 2 N–H and O–H groups in total. The Balaban J connectivity index is 1.31. The minimum Gasteiger partial charge on any atom is -0.490 e. The summed E-state index contributed by atoms with van der Waals surface area (Å²) in [6.07, 6.45) is 3.11. The smallest absolute Gasteiger partial charge is 0.490 e. The lowest BCUT2D eigenvalue weighted by Gasteiger charge is -2.38. The van der Waals surface area contributed by atoms with Gasteiger partial charge in [0.25, 0.3) is 0 Å². The number of fused-ring (bicyclic) bond motifs is 1. The number of ether oxygens (including phenoxy) is 2. The van der Waals surface area contributed by atoms with Crippen LogP contribution in [0.1, 0.15) is 76.0 Å². The van der Waals surface area contributed by atoms with Gasteiger partial charge in [0.05, 0.1) is 4.88 Å². The van der Waals surface area contributed by atoms with Crippen LogP contribution in [0, 0.1) is 19.3 Å². The Morgan fingerprint density at radius 2 is 1.87 bits per heavy atom. The molecule has 1 aliphatic carbocycles. The van der Waals surface area contributed by atoms with Crippen molar-refractivity contribution in [2.45, 2.75) is 85.4 Å². The van der Waals surface area contributed by atoms with E-state index in [1.165, 1.54) is 16.0 Å². The number of aliphatic hydroxyl groups excluding tert-OH is 1. The molecule has 0 saturated carbocycles. The monoisotopic (exact) mass is 543 g/mol. The molecule has 1 atom stereocenters. The molecule has 2 aromatic rings. The van der Waals surface area contributed by atoms with Crippen LogP contribution >= 0.6 is 11.3 Å². The number of likely N-dealkylation sites (tertiary alicyclic amines) is 1. The number of carboxylic acid groups (broad SMARTS) is 1. The van der Waals surface area contributed by atoms with E-state index >= 15 is 0 Å². The molecule has 2 heterocycles. The van der Waals surface area contributed by atoms with E-state index in [4.69, 9.17) is 14.6 Å². The molecule has 4 rings (SSSR count). The van der Waals surface area contributed by atoms with E-state index in [2.05, 4.69) is 32.9 Å². The zero-order valence-corrected chi connectivity index (χ0v) is 24.1. The van der Waals surface area contributed by atoms with Crippen LogP contribution < -0.4 is 4.74 Å². The van der Waals surface area contributed by atoms with Gasteiger partial charge in [0.15, 0.2) is 5.78 Å². The summed E-state index contributed by atoms with van der Waals surface area (Å²) in [5.74, 6) is 1.02. The SMILES string of the molecule is CCc1sc(C(=O)CCc2cc(C)c(OCC(O)CN3CC(OC(=O)O)C3)c(C)c2)c2c1CC(C)(C)CC2. The summed E-state index contributed by atoms with van der Waals surface area (Å²) in [6, 6.07) is 4.16. The number of β-amino-alcohol motifs (C(OH)–C–C–N with tert-alkyl or cyclic N) is 1. The molecule has 208 valence electrons. The number of hydrogen-bond donors (Lipinski definition) is 2. The number of nitrogens with zero attached hydrogens (tertiary/aromatic N) is 1. The van der Waals surface area contributed by atoms with E-state index < -0.39 is 12.3 Å². The Morgan fingerprint density at radius 1 is 1.18 bits per heavy atom. The van der Waals surface area contributed by atoms with Crippen molar-refractivity contribution >= 4 is 23.3 Å². The summed E-state index contributed by atoms with van der Waals surface area (Å²) in [7, 11) is 0. The van der Waals surface area contributed by atoms with E-state index in [1.54, 1.807) is 11.3 Å². The molecule has 0 bridgehead atoms.